The lowest BCUT2D eigenvalue weighted by Gasteiger charge is -2.09. The molecular formula is C19H13ClN2O3. The number of carbonyl (C=O) groups excluding carboxylic acids is 1. The SMILES string of the molecule is O=C(c1ccccc1)c1ccc(Nc2ccc([N+](=O)[O-])cc2Cl)cc1. The molecule has 0 saturated heterocycles. The van der Waals surface area contributed by atoms with Crippen molar-refractivity contribution < 1.29 is 9.72 Å². The van der Waals surface area contributed by atoms with Gasteiger partial charge in [0.1, 0.15) is 0 Å². The van der Waals surface area contributed by atoms with E-state index in [9.17, 15) is 14.9 Å². The molecule has 0 radical (unpaired) electrons. The van der Waals surface area contributed by atoms with Crippen molar-refractivity contribution in [3.8, 4) is 0 Å². The molecule has 0 aliphatic carbocycles. The first-order valence-corrected chi connectivity index (χ1v) is 7.83. The zero-order valence-electron chi connectivity index (χ0n) is 13.0. The quantitative estimate of drug-likeness (QED) is 0.388. The van der Waals surface area contributed by atoms with Gasteiger partial charge in [0.15, 0.2) is 5.78 Å². The van der Waals surface area contributed by atoms with Crippen LogP contribution in [-0.2, 0) is 0 Å². The largest absolute Gasteiger partial charge is 0.354 e. The average molecular weight is 353 g/mol. The molecule has 0 saturated carbocycles. The van der Waals surface area contributed by atoms with Crippen LogP contribution < -0.4 is 5.32 Å². The summed E-state index contributed by atoms with van der Waals surface area (Å²) in [5.41, 5.74) is 2.40. The first-order valence-electron chi connectivity index (χ1n) is 7.45. The van der Waals surface area contributed by atoms with Crippen LogP contribution >= 0.6 is 11.6 Å². The number of nitrogens with one attached hydrogen (secondary N) is 1. The van der Waals surface area contributed by atoms with Crippen LogP contribution in [-0.4, -0.2) is 10.7 Å². The van der Waals surface area contributed by atoms with E-state index in [0.29, 0.717) is 16.8 Å². The number of non-ortho nitro benzene ring substituents is 1. The van der Waals surface area contributed by atoms with E-state index >= 15 is 0 Å². The van der Waals surface area contributed by atoms with Crippen molar-refractivity contribution in [1.82, 2.24) is 0 Å². The summed E-state index contributed by atoms with van der Waals surface area (Å²) < 4.78 is 0. The Kier molecular flexibility index (Phi) is 4.77. The molecule has 0 atom stereocenters. The Hall–Kier alpha value is -3.18. The maximum Gasteiger partial charge on any atom is 0.271 e. The number of rotatable bonds is 5. The van der Waals surface area contributed by atoms with Crippen LogP contribution in [0.25, 0.3) is 0 Å². The van der Waals surface area contributed by atoms with Crippen LogP contribution in [0.15, 0.2) is 72.8 Å². The number of ketones is 1. The Morgan fingerprint density at radius 1 is 0.920 bits per heavy atom. The predicted molar refractivity (Wildman–Crippen MR) is 97.7 cm³/mol. The third-order valence-electron chi connectivity index (χ3n) is 3.63. The van der Waals surface area contributed by atoms with E-state index in [1.807, 2.05) is 18.2 Å². The number of hydrogen-bond donors (Lipinski definition) is 1. The first-order chi connectivity index (χ1) is 12.0. The summed E-state index contributed by atoms with van der Waals surface area (Å²) in [4.78, 5) is 22.6. The fourth-order valence-electron chi connectivity index (χ4n) is 2.34. The highest BCUT2D eigenvalue weighted by Gasteiger charge is 2.11. The fourth-order valence-corrected chi connectivity index (χ4v) is 2.56. The van der Waals surface area contributed by atoms with Crippen molar-refractivity contribution in [3.05, 3.63) is 99.1 Å². The second-order valence-corrected chi connectivity index (χ2v) is 5.73. The summed E-state index contributed by atoms with van der Waals surface area (Å²) in [5, 5.41) is 14.1. The Labute approximate surface area is 149 Å². The molecule has 0 fully saturated rings. The number of carbonyl (C=O) groups is 1. The average Bonchev–Trinajstić information content (AvgIpc) is 2.64. The van der Waals surface area contributed by atoms with E-state index in [1.165, 1.54) is 12.1 Å². The molecule has 0 heterocycles. The summed E-state index contributed by atoms with van der Waals surface area (Å²) in [6, 6.07) is 20.2. The molecule has 25 heavy (non-hydrogen) atoms. The Balaban J connectivity index is 1.77. The van der Waals surface area contributed by atoms with Crippen molar-refractivity contribution in [3.63, 3.8) is 0 Å². The predicted octanol–water partition coefficient (Wildman–Crippen LogP) is 5.22. The molecular weight excluding hydrogens is 340 g/mol. The zero-order chi connectivity index (χ0) is 17.8. The lowest BCUT2D eigenvalue weighted by atomic mass is 10.0. The van der Waals surface area contributed by atoms with E-state index in [2.05, 4.69) is 5.32 Å². The standard InChI is InChI=1S/C19H13ClN2O3/c20-17-12-16(22(24)25)10-11-18(17)21-15-8-6-14(7-9-15)19(23)13-4-2-1-3-5-13/h1-12,21H. The molecule has 0 aliphatic rings. The van der Waals surface area contributed by atoms with Gasteiger partial charge in [-0.15, -0.1) is 0 Å². The molecule has 6 heteroatoms. The maximum absolute atomic E-state index is 12.4. The number of halogens is 1. The van der Waals surface area contributed by atoms with Gasteiger partial charge in [-0.05, 0) is 30.3 Å². The van der Waals surface area contributed by atoms with E-state index < -0.39 is 4.92 Å². The molecule has 3 aromatic carbocycles. The van der Waals surface area contributed by atoms with E-state index in [4.69, 9.17) is 11.6 Å². The Morgan fingerprint density at radius 3 is 2.16 bits per heavy atom. The molecule has 3 aromatic rings. The molecule has 3 rings (SSSR count). The minimum absolute atomic E-state index is 0.0551. The third-order valence-corrected chi connectivity index (χ3v) is 3.94. The van der Waals surface area contributed by atoms with Gasteiger partial charge < -0.3 is 5.32 Å². The van der Waals surface area contributed by atoms with E-state index in [1.54, 1.807) is 42.5 Å². The zero-order valence-corrected chi connectivity index (χ0v) is 13.7. The van der Waals surface area contributed by atoms with Gasteiger partial charge in [0.2, 0.25) is 0 Å². The van der Waals surface area contributed by atoms with Crippen LogP contribution in [0.3, 0.4) is 0 Å². The Morgan fingerprint density at radius 2 is 1.56 bits per heavy atom. The van der Waals surface area contributed by atoms with Gasteiger partial charge in [-0.1, -0.05) is 41.9 Å². The lowest BCUT2D eigenvalue weighted by Crippen LogP contribution is -2.01. The van der Waals surface area contributed by atoms with E-state index in [-0.39, 0.29) is 16.5 Å². The van der Waals surface area contributed by atoms with Crippen LogP contribution in [0.5, 0.6) is 0 Å². The van der Waals surface area contributed by atoms with Crippen molar-refractivity contribution in [1.29, 1.82) is 0 Å². The van der Waals surface area contributed by atoms with Gasteiger partial charge in [0.05, 0.1) is 15.6 Å². The van der Waals surface area contributed by atoms with Gasteiger partial charge in [0.25, 0.3) is 5.69 Å². The fraction of sp³-hybridized carbons (Fsp3) is 0. The second kappa shape index (κ2) is 7.15. The van der Waals surface area contributed by atoms with E-state index in [0.717, 1.165) is 5.69 Å². The number of nitro groups is 1. The minimum atomic E-state index is -0.500. The minimum Gasteiger partial charge on any atom is -0.354 e. The summed E-state index contributed by atoms with van der Waals surface area (Å²) in [7, 11) is 0. The summed E-state index contributed by atoms with van der Waals surface area (Å²) in [5.74, 6) is -0.0551. The van der Waals surface area contributed by atoms with Crippen molar-refractivity contribution in [2.45, 2.75) is 0 Å². The third kappa shape index (κ3) is 3.84. The summed E-state index contributed by atoms with van der Waals surface area (Å²) >= 11 is 6.06. The number of nitro benzene ring substituents is 1. The summed E-state index contributed by atoms with van der Waals surface area (Å²) in [6.45, 7) is 0. The molecule has 5 nitrogen and oxygen atoms in total. The van der Waals surface area contributed by atoms with Gasteiger partial charge in [-0.25, -0.2) is 0 Å². The highest BCUT2D eigenvalue weighted by atomic mass is 35.5. The molecule has 0 aromatic heterocycles. The van der Waals surface area contributed by atoms with Gasteiger partial charge >= 0.3 is 0 Å². The normalized spacial score (nSPS) is 10.3. The van der Waals surface area contributed by atoms with Crippen LogP contribution in [0.4, 0.5) is 17.1 Å². The molecule has 0 spiro atoms. The highest BCUT2D eigenvalue weighted by molar-refractivity contribution is 6.33. The van der Waals surface area contributed by atoms with Crippen LogP contribution in [0, 0.1) is 10.1 Å². The Bertz CT molecular complexity index is 925. The molecule has 0 bridgehead atoms. The van der Waals surface area contributed by atoms with Gasteiger partial charge in [-0.3, -0.25) is 14.9 Å². The monoisotopic (exact) mass is 352 g/mol. The molecule has 0 aliphatic heterocycles. The number of nitrogens with zero attached hydrogens (tertiary/aromatic N) is 1. The number of hydrogen-bond acceptors (Lipinski definition) is 4. The van der Waals surface area contributed by atoms with Gasteiger partial charge in [0, 0.05) is 28.9 Å². The topological polar surface area (TPSA) is 72.2 Å². The number of benzene rings is 3. The van der Waals surface area contributed by atoms with Crippen molar-refractivity contribution in [2.24, 2.45) is 0 Å². The number of anilines is 2. The van der Waals surface area contributed by atoms with Crippen molar-refractivity contribution >= 4 is 34.4 Å². The van der Waals surface area contributed by atoms with Crippen molar-refractivity contribution in [2.75, 3.05) is 5.32 Å². The molecule has 0 unspecified atom stereocenters. The maximum atomic E-state index is 12.4. The van der Waals surface area contributed by atoms with Gasteiger partial charge in [-0.2, -0.15) is 0 Å². The van der Waals surface area contributed by atoms with Crippen LogP contribution in [0.2, 0.25) is 5.02 Å². The first kappa shape index (κ1) is 16.7. The van der Waals surface area contributed by atoms with Crippen LogP contribution in [0.1, 0.15) is 15.9 Å². The molecule has 1 N–H and O–H groups in total. The highest BCUT2D eigenvalue weighted by Crippen LogP contribution is 2.29. The molecule has 0 amide bonds. The smallest absolute Gasteiger partial charge is 0.271 e. The lowest BCUT2D eigenvalue weighted by molar-refractivity contribution is -0.384. The summed E-state index contributed by atoms with van der Waals surface area (Å²) in [6.07, 6.45) is 0. The molecule has 124 valence electrons. The second-order valence-electron chi connectivity index (χ2n) is 5.32.